The Kier molecular flexibility index (Phi) is 4.55. The zero-order chi connectivity index (χ0) is 12.4. The number of hydrogen-bond donors (Lipinski definition) is 1. The highest BCUT2D eigenvalue weighted by atomic mass is 35.5. The Morgan fingerprint density at radius 2 is 2.11 bits per heavy atom. The highest BCUT2D eigenvalue weighted by Gasteiger charge is 2.23. The van der Waals surface area contributed by atoms with Gasteiger partial charge in [-0.1, -0.05) is 11.6 Å². The molecule has 1 aliphatic carbocycles. The van der Waals surface area contributed by atoms with E-state index in [0.29, 0.717) is 6.04 Å². The number of nitrogens with one attached hydrogen (secondary N) is 1. The van der Waals surface area contributed by atoms with E-state index in [4.69, 9.17) is 11.6 Å². The number of aryl methyl sites for hydroxylation is 1. The third kappa shape index (κ3) is 3.06. The second-order valence-corrected chi connectivity index (χ2v) is 8.33. The summed E-state index contributed by atoms with van der Waals surface area (Å²) in [4.78, 5) is 1.52. The third-order valence-electron chi connectivity index (χ3n) is 4.08. The standard InChI is InChI=1S/C14H20ClNS2/c15-14-8-11-12(2-1-3-13(11)18-14)16-9-10-4-6-17-7-5-10/h8,10,12,16H,1-7,9H2. The molecule has 0 saturated carbocycles. The van der Waals surface area contributed by atoms with Gasteiger partial charge in [0.15, 0.2) is 0 Å². The van der Waals surface area contributed by atoms with Gasteiger partial charge in [-0.05, 0) is 67.7 Å². The first-order valence-electron chi connectivity index (χ1n) is 6.92. The first-order valence-corrected chi connectivity index (χ1v) is 9.27. The largest absolute Gasteiger partial charge is 0.310 e. The number of rotatable bonds is 3. The van der Waals surface area contributed by atoms with Crippen molar-refractivity contribution in [3.05, 3.63) is 20.8 Å². The quantitative estimate of drug-likeness (QED) is 0.881. The van der Waals surface area contributed by atoms with Crippen molar-refractivity contribution in [2.24, 2.45) is 5.92 Å². The van der Waals surface area contributed by atoms with E-state index in [-0.39, 0.29) is 0 Å². The highest BCUT2D eigenvalue weighted by molar-refractivity contribution is 7.99. The van der Waals surface area contributed by atoms with Gasteiger partial charge >= 0.3 is 0 Å². The van der Waals surface area contributed by atoms with Crippen LogP contribution >= 0.6 is 34.7 Å². The molecule has 0 aromatic carbocycles. The maximum Gasteiger partial charge on any atom is 0.0934 e. The molecule has 0 radical (unpaired) electrons. The maximum atomic E-state index is 6.15. The SMILES string of the molecule is Clc1cc2c(s1)CCCC2NCC1CCSCC1. The summed E-state index contributed by atoms with van der Waals surface area (Å²) in [7, 11) is 0. The lowest BCUT2D eigenvalue weighted by atomic mass is 9.93. The van der Waals surface area contributed by atoms with Crippen LogP contribution in [0.1, 0.15) is 42.2 Å². The Hall–Kier alpha value is 0.300. The average molecular weight is 302 g/mol. The van der Waals surface area contributed by atoms with Crippen molar-refractivity contribution in [1.82, 2.24) is 5.32 Å². The number of hydrogen-bond acceptors (Lipinski definition) is 3. The van der Waals surface area contributed by atoms with Gasteiger partial charge in [-0.3, -0.25) is 0 Å². The van der Waals surface area contributed by atoms with Crippen LogP contribution in [0.25, 0.3) is 0 Å². The molecule has 1 saturated heterocycles. The predicted octanol–water partition coefficient (Wildman–Crippen LogP) is 4.51. The van der Waals surface area contributed by atoms with E-state index >= 15 is 0 Å². The Morgan fingerprint density at radius 1 is 1.28 bits per heavy atom. The zero-order valence-electron chi connectivity index (χ0n) is 10.6. The minimum absolute atomic E-state index is 0.562. The molecule has 2 heterocycles. The van der Waals surface area contributed by atoms with E-state index in [1.807, 2.05) is 0 Å². The summed E-state index contributed by atoms with van der Waals surface area (Å²) < 4.78 is 0.961. The highest BCUT2D eigenvalue weighted by Crippen LogP contribution is 2.38. The van der Waals surface area contributed by atoms with Crippen molar-refractivity contribution >= 4 is 34.7 Å². The first-order chi connectivity index (χ1) is 8.83. The number of thioether (sulfide) groups is 1. The van der Waals surface area contributed by atoms with Gasteiger partial charge in [0.2, 0.25) is 0 Å². The molecule has 1 aromatic heterocycles. The molecule has 1 aromatic rings. The number of halogens is 1. The maximum absolute atomic E-state index is 6.15. The van der Waals surface area contributed by atoms with Crippen molar-refractivity contribution in [3.8, 4) is 0 Å². The molecule has 2 aliphatic rings. The molecule has 0 amide bonds. The van der Waals surface area contributed by atoms with Crippen molar-refractivity contribution in [2.75, 3.05) is 18.1 Å². The van der Waals surface area contributed by atoms with Gasteiger partial charge in [-0.15, -0.1) is 11.3 Å². The van der Waals surface area contributed by atoms with Crippen molar-refractivity contribution in [2.45, 2.75) is 38.1 Å². The topological polar surface area (TPSA) is 12.0 Å². The van der Waals surface area contributed by atoms with E-state index in [9.17, 15) is 0 Å². The smallest absolute Gasteiger partial charge is 0.0934 e. The van der Waals surface area contributed by atoms with Crippen LogP contribution in [0.15, 0.2) is 6.07 Å². The van der Waals surface area contributed by atoms with Crippen molar-refractivity contribution in [1.29, 1.82) is 0 Å². The summed E-state index contributed by atoms with van der Waals surface area (Å²) in [5.41, 5.74) is 1.49. The molecular weight excluding hydrogens is 282 g/mol. The Morgan fingerprint density at radius 3 is 2.94 bits per heavy atom. The Bertz CT molecular complexity index is 398. The van der Waals surface area contributed by atoms with Gasteiger partial charge in [0.1, 0.15) is 0 Å². The second kappa shape index (κ2) is 6.17. The molecule has 1 fully saturated rings. The van der Waals surface area contributed by atoms with E-state index in [1.165, 1.54) is 60.6 Å². The molecule has 1 nitrogen and oxygen atoms in total. The van der Waals surface area contributed by atoms with Crippen LogP contribution in [-0.4, -0.2) is 18.1 Å². The first kappa shape index (κ1) is 13.3. The van der Waals surface area contributed by atoms with E-state index in [2.05, 4.69) is 23.1 Å². The fraction of sp³-hybridized carbons (Fsp3) is 0.714. The molecular formula is C14H20ClNS2. The van der Waals surface area contributed by atoms with Gasteiger partial charge in [0.25, 0.3) is 0 Å². The molecule has 100 valence electrons. The van der Waals surface area contributed by atoms with Gasteiger partial charge in [0.05, 0.1) is 4.34 Å². The summed E-state index contributed by atoms with van der Waals surface area (Å²) in [6.45, 7) is 1.19. The fourth-order valence-electron chi connectivity index (χ4n) is 2.99. The lowest BCUT2D eigenvalue weighted by Crippen LogP contribution is -2.30. The number of thiophene rings is 1. The molecule has 0 spiro atoms. The van der Waals surface area contributed by atoms with Gasteiger partial charge in [-0.25, -0.2) is 0 Å². The fourth-order valence-corrected chi connectivity index (χ4v) is 5.58. The molecule has 1 atom stereocenters. The Balaban J connectivity index is 1.59. The van der Waals surface area contributed by atoms with Gasteiger partial charge < -0.3 is 5.32 Å². The molecule has 0 bridgehead atoms. The van der Waals surface area contributed by atoms with Crippen LogP contribution in [0.2, 0.25) is 4.34 Å². The third-order valence-corrected chi connectivity index (χ3v) is 6.47. The Labute approximate surface area is 123 Å². The minimum Gasteiger partial charge on any atom is -0.310 e. The van der Waals surface area contributed by atoms with Gasteiger partial charge in [0, 0.05) is 10.9 Å². The lowest BCUT2D eigenvalue weighted by molar-refractivity contribution is 0.387. The van der Waals surface area contributed by atoms with Crippen LogP contribution in [0.4, 0.5) is 0 Å². The van der Waals surface area contributed by atoms with Crippen LogP contribution in [0.5, 0.6) is 0 Å². The van der Waals surface area contributed by atoms with E-state index in [0.717, 1.165) is 10.3 Å². The van der Waals surface area contributed by atoms with Crippen LogP contribution in [0, 0.1) is 5.92 Å². The molecule has 3 rings (SSSR count). The van der Waals surface area contributed by atoms with Crippen molar-refractivity contribution in [3.63, 3.8) is 0 Å². The van der Waals surface area contributed by atoms with Crippen LogP contribution in [-0.2, 0) is 6.42 Å². The van der Waals surface area contributed by atoms with E-state index in [1.54, 1.807) is 11.3 Å². The summed E-state index contributed by atoms with van der Waals surface area (Å²) in [6, 6.07) is 2.75. The average Bonchev–Trinajstić information content (AvgIpc) is 2.78. The molecule has 1 N–H and O–H groups in total. The summed E-state index contributed by atoms with van der Waals surface area (Å²) in [5.74, 6) is 3.60. The zero-order valence-corrected chi connectivity index (χ0v) is 13.0. The summed E-state index contributed by atoms with van der Waals surface area (Å²) in [6.07, 6.45) is 6.60. The minimum atomic E-state index is 0.562. The molecule has 18 heavy (non-hydrogen) atoms. The van der Waals surface area contributed by atoms with Gasteiger partial charge in [-0.2, -0.15) is 11.8 Å². The lowest BCUT2D eigenvalue weighted by Gasteiger charge is -2.28. The number of fused-ring (bicyclic) bond motifs is 1. The summed E-state index contributed by atoms with van der Waals surface area (Å²) in [5, 5.41) is 3.80. The van der Waals surface area contributed by atoms with Crippen LogP contribution in [0.3, 0.4) is 0 Å². The second-order valence-electron chi connectivity index (χ2n) is 5.34. The van der Waals surface area contributed by atoms with Crippen molar-refractivity contribution < 1.29 is 0 Å². The monoisotopic (exact) mass is 301 g/mol. The van der Waals surface area contributed by atoms with E-state index < -0.39 is 0 Å². The normalized spacial score (nSPS) is 25.1. The molecule has 4 heteroatoms. The molecule has 1 unspecified atom stereocenters. The van der Waals surface area contributed by atoms with Crippen LogP contribution < -0.4 is 5.32 Å². The molecule has 1 aliphatic heterocycles. The predicted molar refractivity (Wildman–Crippen MR) is 83.1 cm³/mol. The summed E-state index contributed by atoms with van der Waals surface area (Å²) >= 11 is 10.0.